The normalized spacial score (nSPS) is 22.3. The van der Waals surface area contributed by atoms with Crippen molar-refractivity contribution in [2.45, 2.75) is 83.6 Å². The first-order valence-corrected chi connectivity index (χ1v) is 11.9. The monoisotopic (exact) mass is 501 g/mol. The minimum Gasteiger partial charge on any atom is -0.468 e. The van der Waals surface area contributed by atoms with Crippen molar-refractivity contribution in [3.8, 4) is 0 Å². The molecule has 3 unspecified atom stereocenters. The Morgan fingerprint density at radius 3 is 1.63 bits per heavy atom. The number of ether oxygens (including phenoxy) is 4. The van der Waals surface area contributed by atoms with E-state index < -0.39 is 47.2 Å². The Morgan fingerprint density at radius 1 is 0.829 bits per heavy atom. The second kappa shape index (κ2) is 13.2. The van der Waals surface area contributed by atoms with Crippen molar-refractivity contribution in [3.63, 3.8) is 0 Å². The zero-order valence-electron chi connectivity index (χ0n) is 22.6. The fraction of sp³-hybridized carbons (Fsp3) is 0.833. The van der Waals surface area contributed by atoms with Gasteiger partial charge in [-0.1, -0.05) is 0 Å². The molecule has 1 fully saturated rings. The number of esters is 4. The zero-order valence-corrected chi connectivity index (χ0v) is 22.6. The van der Waals surface area contributed by atoms with Crippen LogP contribution in [0.3, 0.4) is 0 Å². The summed E-state index contributed by atoms with van der Waals surface area (Å²) >= 11 is 0. The highest BCUT2D eigenvalue weighted by Crippen LogP contribution is 2.25. The van der Waals surface area contributed by atoms with Gasteiger partial charge in [-0.15, -0.1) is 0 Å². The largest absolute Gasteiger partial charge is 0.468 e. The summed E-state index contributed by atoms with van der Waals surface area (Å²) in [6.45, 7) is 12.1. The van der Waals surface area contributed by atoms with E-state index in [1.807, 2.05) is 9.80 Å². The summed E-state index contributed by atoms with van der Waals surface area (Å²) in [5.41, 5.74) is -1.51. The predicted molar refractivity (Wildman–Crippen MR) is 129 cm³/mol. The van der Waals surface area contributed by atoms with E-state index in [1.54, 1.807) is 41.5 Å². The van der Waals surface area contributed by atoms with Crippen molar-refractivity contribution in [1.82, 2.24) is 15.1 Å². The summed E-state index contributed by atoms with van der Waals surface area (Å²) in [6, 6.07) is -1.86. The molecule has 1 saturated heterocycles. The smallest absolute Gasteiger partial charge is 0.322 e. The minimum absolute atomic E-state index is 0.0685. The van der Waals surface area contributed by atoms with E-state index >= 15 is 0 Å². The van der Waals surface area contributed by atoms with E-state index in [1.165, 1.54) is 21.3 Å². The standard InChI is InChI=1S/C24H43N3O8/c1-16(20(29)32-7)25-24(11-10-19(28)35-23(4,5)6)14-26(17(2)21(30)33-8)12-13-27(15-24)18(3)22(31)34-9/h16-18,25H,10-15H2,1-9H3. The Morgan fingerprint density at radius 2 is 1.26 bits per heavy atom. The van der Waals surface area contributed by atoms with Crippen LogP contribution in [-0.2, 0) is 38.1 Å². The molecule has 11 heteroatoms. The molecule has 1 aliphatic rings. The van der Waals surface area contributed by atoms with Gasteiger partial charge in [0.15, 0.2) is 0 Å². The number of carbonyl (C=O) groups is 4. The maximum Gasteiger partial charge on any atom is 0.322 e. The SMILES string of the molecule is COC(=O)C(C)NC1(CCC(=O)OC(C)(C)C)CN(C(C)C(=O)OC)CCN(C(C)C(=O)OC)C1. The molecule has 0 radical (unpaired) electrons. The van der Waals surface area contributed by atoms with Crippen LogP contribution in [0.15, 0.2) is 0 Å². The van der Waals surface area contributed by atoms with E-state index in [0.29, 0.717) is 26.2 Å². The third-order valence-electron chi connectivity index (χ3n) is 6.17. The van der Waals surface area contributed by atoms with E-state index in [9.17, 15) is 19.2 Å². The fourth-order valence-corrected chi connectivity index (χ4v) is 4.29. The third-order valence-corrected chi connectivity index (χ3v) is 6.17. The zero-order chi connectivity index (χ0) is 27.0. The highest BCUT2D eigenvalue weighted by molar-refractivity contribution is 5.76. The number of methoxy groups -OCH3 is 3. The van der Waals surface area contributed by atoms with Crippen LogP contribution >= 0.6 is 0 Å². The molecule has 0 aromatic rings. The number of nitrogens with one attached hydrogen (secondary N) is 1. The summed E-state index contributed by atoms with van der Waals surface area (Å²) in [4.78, 5) is 53.6. The second-order valence-electron chi connectivity index (χ2n) is 10.1. The molecule has 0 amide bonds. The number of carbonyl (C=O) groups excluding carboxylic acids is 4. The van der Waals surface area contributed by atoms with Crippen LogP contribution in [-0.4, -0.2) is 110 Å². The summed E-state index contributed by atoms with van der Waals surface area (Å²) in [7, 11) is 3.96. The van der Waals surface area contributed by atoms with Crippen LogP contribution in [0.25, 0.3) is 0 Å². The van der Waals surface area contributed by atoms with Crippen LogP contribution in [0.1, 0.15) is 54.4 Å². The molecule has 35 heavy (non-hydrogen) atoms. The summed E-state index contributed by atoms with van der Waals surface area (Å²) in [5.74, 6) is -1.65. The summed E-state index contributed by atoms with van der Waals surface area (Å²) in [6.07, 6.45) is 0.358. The van der Waals surface area contributed by atoms with Crippen molar-refractivity contribution in [1.29, 1.82) is 0 Å². The van der Waals surface area contributed by atoms with Gasteiger partial charge in [-0.05, 0) is 48.0 Å². The average Bonchev–Trinajstić information content (AvgIpc) is 2.99. The first kappa shape index (κ1) is 30.8. The number of nitrogens with zero attached hydrogens (tertiary/aromatic N) is 2. The summed E-state index contributed by atoms with van der Waals surface area (Å²) in [5, 5.41) is 3.35. The Bertz CT molecular complexity index is 720. The highest BCUT2D eigenvalue weighted by atomic mass is 16.6. The molecule has 0 aliphatic carbocycles. The Kier molecular flexibility index (Phi) is 11.6. The second-order valence-corrected chi connectivity index (χ2v) is 10.1. The van der Waals surface area contributed by atoms with Gasteiger partial charge in [0.1, 0.15) is 23.7 Å². The topological polar surface area (TPSA) is 124 Å². The number of rotatable bonds is 10. The molecule has 1 heterocycles. The van der Waals surface area contributed by atoms with Gasteiger partial charge >= 0.3 is 23.9 Å². The maximum atomic E-state index is 12.6. The lowest BCUT2D eigenvalue weighted by Gasteiger charge is -2.42. The number of hydrogen-bond acceptors (Lipinski definition) is 11. The van der Waals surface area contributed by atoms with Gasteiger partial charge in [-0.2, -0.15) is 0 Å². The molecule has 0 saturated carbocycles. The van der Waals surface area contributed by atoms with Gasteiger partial charge in [-0.3, -0.25) is 34.3 Å². The number of hydrogen-bond donors (Lipinski definition) is 1. The van der Waals surface area contributed by atoms with Crippen molar-refractivity contribution in [2.24, 2.45) is 0 Å². The molecular formula is C24H43N3O8. The van der Waals surface area contributed by atoms with Crippen molar-refractivity contribution >= 4 is 23.9 Å². The van der Waals surface area contributed by atoms with Crippen molar-refractivity contribution in [3.05, 3.63) is 0 Å². The van der Waals surface area contributed by atoms with Crippen molar-refractivity contribution < 1.29 is 38.1 Å². The predicted octanol–water partition coefficient (Wildman–Crippen LogP) is 0.739. The molecule has 0 spiro atoms. The lowest BCUT2D eigenvalue weighted by molar-refractivity contribution is -0.156. The Labute approximate surface area is 208 Å². The van der Waals surface area contributed by atoms with E-state index in [2.05, 4.69) is 5.32 Å². The van der Waals surface area contributed by atoms with Crippen LogP contribution in [0.4, 0.5) is 0 Å². The Hall–Kier alpha value is -2.24. The van der Waals surface area contributed by atoms with Gasteiger partial charge in [0.2, 0.25) is 0 Å². The molecule has 1 aliphatic heterocycles. The van der Waals surface area contributed by atoms with Crippen LogP contribution in [0, 0.1) is 0 Å². The molecular weight excluding hydrogens is 458 g/mol. The summed E-state index contributed by atoms with van der Waals surface area (Å²) < 4.78 is 20.3. The highest BCUT2D eigenvalue weighted by Gasteiger charge is 2.43. The molecule has 1 N–H and O–H groups in total. The quantitative estimate of drug-likeness (QED) is 0.337. The van der Waals surface area contributed by atoms with Crippen molar-refractivity contribution in [2.75, 3.05) is 47.5 Å². The van der Waals surface area contributed by atoms with E-state index in [-0.39, 0.29) is 18.8 Å². The first-order valence-electron chi connectivity index (χ1n) is 11.9. The average molecular weight is 502 g/mol. The fourth-order valence-electron chi connectivity index (χ4n) is 4.29. The maximum absolute atomic E-state index is 12.6. The molecule has 1 rings (SSSR count). The molecule has 11 nitrogen and oxygen atoms in total. The minimum atomic E-state index is -0.869. The van der Waals surface area contributed by atoms with Gasteiger partial charge in [0.05, 0.1) is 21.3 Å². The van der Waals surface area contributed by atoms with Crippen LogP contribution < -0.4 is 5.32 Å². The van der Waals surface area contributed by atoms with Gasteiger partial charge < -0.3 is 18.9 Å². The molecule has 0 aromatic carbocycles. The lowest BCUT2D eigenvalue weighted by atomic mass is 9.90. The van der Waals surface area contributed by atoms with Gasteiger partial charge in [-0.25, -0.2) is 0 Å². The molecule has 202 valence electrons. The van der Waals surface area contributed by atoms with Gasteiger partial charge in [0, 0.05) is 38.1 Å². The van der Waals surface area contributed by atoms with Crippen LogP contribution in [0.2, 0.25) is 0 Å². The molecule has 0 aromatic heterocycles. The first-order chi connectivity index (χ1) is 16.2. The molecule has 0 bridgehead atoms. The van der Waals surface area contributed by atoms with E-state index in [4.69, 9.17) is 18.9 Å². The third kappa shape index (κ3) is 9.38. The van der Waals surface area contributed by atoms with Crippen LogP contribution in [0.5, 0.6) is 0 Å². The van der Waals surface area contributed by atoms with E-state index in [0.717, 1.165) is 0 Å². The lowest BCUT2D eigenvalue weighted by Crippen LogP contribution is -2.63. The molecule has 3 atom stereocenters. The van der Waals surface area contributed by atoms with Gasteiger partial charge in [0.25, 0.3) is 0 Å². The Balaban J connectivity index is 3.42.